The van der Waals surface area contributed by atoms with Crippen molar-refractivity contribution in [3.05, 3.63) is 0 Å². The first-order chi connectivity index (χ1) is 16.7. The van der Waals surface area contributed by atoms with Crippen LogP contribution in [0.5, 0.6) is 0 Å². The van der Waals surface area contributed by atoms with E-state index in [1.807, 2.05) is 0 Å². The maximum Gasteiger partial charge on any atom is 0.133 e. The second kappa shape index (κ2) is 28.6. The monoisotopic (exact) mass is 478 g/mol. The Morgan fingerprint density at radius 3 is 1.18 bits per heavy atom. The lowest BCUT2D eigenvalue weighted by atomic mass is 9.94. The predicted octanol–water partition coefficient (Wildman–Crippen LogP) is 10.9. The molecule has 0 aromatic heterocycles. The predicted molar refractivity (Wildman–Crippen MR) is 151 cm³/mol. The highest BCUT2D eigenvalue weighted by Crippen LogP contribution is 2.17. The lowest BCUT2D eigenvalue weighted by molar-refractivity contribution is -0.123. The third kappa shape index (κ3) is 26.0. The van der Waals surface area contributed by atoms with E-state index in [2.05, 4.69) is 13.8 Å². The fraction of sp³-hybridized carbons (Fsp3) is 0.938. The van der Waals surface area contributed by atoms with Crippen molar-refractivity contribution in [3.8, 4) is 0 Å². The Kier molecular flexibility index (Phi) is 28.0. The molecule has 1 atom stereocenters. The second-order valence-electron chi connectivity index (χ2n) is 11.0. The minimum atomic E-state index is -0.0342. The van der Waals surface area contributed by atoms with E-state index in [0.29, 0.717) is 18.6 Å². The van der Waals surface area contributed by atoms with Crippen LogP contribution in [0.15, 0.2) is 0 Å². The Bertz CT molecular complexity index is 417. The van der Waals surface area contributed by atoms with E-state index in [1.165, 1.54) is 141 Å². The van der Waals surface area contributed by atoms with Crippen molar-refractivity contribution >= 4 is 12.1 Å². The molecule has 0 spiro atoms. The topological polar surface area (TPSA) is 34.1 Å². The van der Waals surface area contributed by atoms with E-state index in [4.69, 9.17) is 0 Å². The van der Waals surface area contributed by atoms with E-state index in [-0.39, 0.29) is 5.92 Å². The highest BCUT2D eigenvalue weighted by Gasteiger charge is 2.12. The molecule has 0 heterocycles. The van der Waals surface area contributed by atoms with E-state index in [0.717, 1.165) is 25.5 Å². The molecule has 0 fully saturated rings. The number of hydrogen-bond donors (Lipinski definition) is 0. The zero-order chi connectivity index (χ0) is 25.0. The molecule has 0 radical (unpaired) electrons. The fourth-order valence-corrected chi connectivity index (χ4v) is 5.02. The molecule has 2 heteroatoms. The average Bonchev–Trinajstić information content (AvgIpc) is 2.84. The zero-order valence-corrected chi connectivity index (χ0v) is 23.6. The summed E-state index contributed by atoms with van der Waals surface area (Å²) < 4.78 is 0. The first-order valence-electron chi connectivity index (χ1n) is 15.7. The summed E-state index contributed by atoms with van der Waals surface area (Å²) in [6.45, 7) is 4.55. The molecule has 202 valence electrons. The van der Waals surface area contributed by atoms with Crippen molar-refractivity contribution in [3.63, 3.8) is 0 Å². The number of rotatable bonds is 29. The summed E-state index contributed by atoms with van der Waals surface area (Å²) in [5.41, 5.74) is 0. The van der Waals surface area contributed by atoms with Crippen LogP contribution in [0.3, 0.4) is 0 Å². The van der Waals surface area contributed by atoms with Gasteiger partial charge in [0.1, 0.15) is 12.1 Å². The van der Waals surface area contributed by atoms with Gasteiger partial charge in [0.2, 0.25) is 0 Å². The maximum atomic E-state index is 12.3. The minimum absolute atomic E-state index is 0.0342. The van der Waals surface area contributed by atoms with Crippen LogP contribution >= 0.6 is 0 Å². The van der Waals surface area contributed by atoms with Gasteiger partial charge in [0.15, 0.2) is 0 Å². The molecular formula is C32H62O2. The number of aldehydes is 1. The van der Waals surface area contributed by atoms with E-state index >= 15 is 0 Å². The van der Waals surface area contributed by atoms with Gasteiger partial charge in [-0.25, -0.2) is 0 Å². The lowest BCUT2D eigenvalue weighted by Crippen LogP contribution is -2.10. The van der Waals surface area contributed by atoms with Crippen LogP contribution in [0, 0.1) is 5.92 Å². The third-order valence-corrected chi connectivity index (χ3v) is 7.42. The summed E-state index contributed by atoms with van der Waals surface area (Å²) in [6, 6.07) is 0. The largest absolute Gasteiger partial charge is 0.303 e. The Morgan fingerprint density at radius 1 is 0.500 bits per heavy atom. The van der Waals surface area contributed by atoms with Crippen molar-refractivity contribution in [1.29, 1.82) is 0 Å². The summed E-state index contributed by atoms with van der Waals surface area (Å²) in [6.07, 6.45) is 35.0. The van der Waals surface area contributed by atoms with Crippen molar-refractivity contribution in [2.75, 3.05) is 0 Å². The lowest BCUT2D eigenvalue weighted by Gasteiger charge is -2.09. The second-order valence-corrected chi connectivity index (χ2v) is 11.0. The number of ketones is 1. The molecule has 34 heavy (non-hydrogen) atoms. The van der Waals surface area contributed by atoms with E-state index < -0.39 is 0 Å². The van der Waals surface area contributed by atoms with Gasteiger partial charge >= 0.3 is 0 Å². The van der Waals surface area contributed by atoms with Crippen LogP contribution in [-0.2, 0) is 9.59 Å². The Hall–Kier alpha value is -0.660. The van der Waals surface area contributed by atoms with Gasteiger partial charge in [0, 0.05) is 18.8 Å². The summed E-state index contributed by atoms with van der Waals surface area (Å²) in [5.74, 6) is 0.274. The molecule has 1 unspecified atom stereocenters. The van der Waals surface area contributed by atoms with Crippen LogP contribution in [0.1, 0.15) is 187 Å². The summed E-state index contributed by atoms with van der Waals surface area (Å²) in [4.78, 5) is 23.6. The van der Waals surface area contributed by atoms with Crippen molar-refractivity contribution in [2.45, 2.75) is 187 Å². The molecule has 0 amide bonds. The minimum Gasteiger partial charge on any atom is -0.303 e. The fourth-order valence-electron chi connectivity index (χ4n) is 5.02. The van der Waals surface area contributed by atoms with Crippen molar-refractivity contribution in [1.82, 2.24) is 0 Å². The summed E-state index contributed by atoms with van der Waals surface area (Å²) in [7, 11) is 0. The number of carbonyl (C=O) groups excluding carboxylic acids is 2. The van der Waals surface area contributed by atoms with Gasteiger partial charge < -0.3 is 4.79 Å². The van der Waals surface area contributed by atoms with Gasteiger partial charge in [-0.15, -0.1) is 0 Å². The smallest absolute Gasteiger partial charge is 0.133 e. The van der Waals surface area contributed by atoms with Gasteiger partial charge in [0.25, 0.3) is 0 Å². The quantitative estimate of drug-likeness (QED) is 0.0791. The zero-order valence-electron chi connectivity index (χ0n) is 23.6. The first kappa shape index (κ1) is 33.3. The molecule has 0 saturated heterocycles. The van der Waals surface area contributed by atoms with Gasteiger partial charge in [-0.2, -0.15) is 0 Å². The standard InChI is InChI=1S/C32H62O2/c1-3-5-7-9-11-13-15-16-18-20-22-24-26-28-32(34)29-31(30-33)27-25-23-21-19-17-14-12-10-8-6-4-2/h30-31H,3-29H2,1-2H3. The molecule has 0 aliphatic rings. The Labute approximate surface area is 214 Å². The van der Waals surface area contributed by atoms with Crippen LogP contribution in [0.25, 0.3) is 0 Å². The molecule has 0 saturated carbocycles. The average molecular weight is 479 g/mol. The van der Waals surface area contributed by atoms with Gasteiger partial charge in [0.05, 0.1) is 0 Å². The molecule has 2 nitrogen and oxygen atoms in total. The van der Waals surface area contributed by atoms with Crippen LogP contribution in [-0.4, -0.2) is 12.1 Å². The SMILES string of the molecule is CCCCCCCCCCCCCCCC(=O)CC(C=O)CCCCCCCCCCCCC. The van der Waals surface area contributed by atoms with Gasteiger partial charge in [-0.05, 0) is 12.8 Å². The molecule has 0 aromatic rings. The molecule has 0 aromatic carbocycles. The maximum absolute atomic E-state index is 12.3. The van der Waals surface area contributed by atoms with Crippen LogP contribution in [0.2, 0.25) is 0 Å². The number of carbonyl (C=O) groups is 2. The molecule has 0 bridgehead atoms. The Balaban J connectivity index is 3.43. The highest BCUT2D eigenvalue weighted by atomic mass is 16.1. The van der Waals surface area contributed by atoms with Crippen LogP contribution in [0.4, 0.5) is 0 Å². The van der Waals surface area contributed by atoms with E-state index in [1.54, 1.807) is 0 Å². The van der Waals surface area contributed by atoms with E-state index in [9.17, 15) is 9.59 Å². The molecule has 0 N–H and O–H groups in total. The third-order valence-electron chi connectivity index (χ3n) is 7.42. The highest BCUT2D eigenvalue weighted by molar-refractivity contribution is 5.81. The van der Waals surface area contributed by atoms with Crippen molar-refractivity contribution in [2.24, 2.45) is 5.92 Å². The first-order valence-corrected chi connectivity index (χ1v) is 15.7. The molecular weight excluding hydrogens is 416 g/mol. The normalized spacial score (nSPS) is 12.2. The molecule has 0 aliphatic carbocycles. The Morgan fingerprint density at radius 2 is 0.824 bits per heavy atom. The van der Waals surface area contributed by atoms with Crippen LogP contribution < -0.4 is 0 Å². The molecule has 0 aliphatic heterocycles. The number of hydrogen-bond acceptors (Lipinski definition) is 2. The van der Waals surface area contributed by atoms with Gasteiger partial charge in [-0.1, -0.05) is 162 Å². The summed E-state index contributed by atoms with van der Waals surface area (Å²) in [5, 5.41) is 0. The number of unbranched alkanes of at least 4 members (excludes halogenated alkanes) is 22. The summed E-state index contributed by atoms with van der Waals surface area (Å²) >= 11 is 0. The van der Waals surface area contributed by atoms with Gasteiger partial charge in [-0.3, -0.25) is 4.79 Å². The molecule has 0 rings (SSSR count). The van der Waals surface area contributed by atoms with Crippen molar-refractivity contribution < 1.29 is 9.59 Å². The number of Topliss-reactive ketones (excluding diaryl/α,β-unsaturated/α-hetero) is 1.